The summed E-state index contributed by atoms with van der Waals surface area (Å²) in [7, 11) is 2.85. The van der Waals surface area contributed by atoms with E-state index < -0.39 is 0 Å². The number of nitrogens with one attached hydrogen (secondary N) is 4. The van der Waals surface area contributed by atoms with Crippen LogP contribution in [0.2, 0.25) is 0 Å². The van der Waals surface area contributed by atoms with Gasteiger partial charge in [0.05, 0.1) is 14.2 Å². The number of carbonyl (C=O) groups excluding carboxylic acids is 2. The van der Waals surface area contributed by atoms with Crippen molar-refractivity contribution >= 4 is 36.2 Å². The number of fused-ring (bicyclic) bond motifs is 8. The minimum absolute atomic E-state index is 0.236. The standard InChI is InChI=1S/C36H46N4O4/c1-9-23-19(3)27-15-28-21(5)25(11-13-35(41)43-7)33(39-28)18-34-26(12-14-36(42)44-8)22(6)30(40-34)17-32-24(10-2)20(4)29(38-32)16-31(23)37-27/h15-18,20,24,37-40H,9-14H2,1-8H3. The number of carbonyl (C=O) groups is 2. The van der Waals surface area contributed by atoms with Crippen LogP contribution >= 0.6 is 0 Å². The van der Waals surface area contributed by atoms with Crippen molar-refractivity contribution in [1.29, 1.82) is 0 Å². The summed E-state index contributed by atoms with van der Waals surface area (Å²) in [5.41, 5.74) is 13.5. The quantitative estimate of drug-likeness (QED) is 0.273. The van der Waals surface area contributed by atoms with Gasteiger partial charge in [-0.3, -0.25) is 9.59 Å². The Labute approximate surface area is 259 Å². The van der Waals surface area contributed by atoms with Crippen LogP contribution in [0, 0.1) is 32.6 Å². The molecule has 44 heavy (non-hydrogen) atoms. The van der Waals surface area contributed by atoms with Gasteiger partial charge in [-0.15, -0.1) is 0 Å². The van der Waals surface area contributed by atoms with Gasteiger partial charge in [0.2, 0.25) is 0 Å². The highest BCUT2D eigenvalue weighted by Crippen LogP contribution is 2.38. The molecule has 0 spiro atoms. The molecule has 4 N–H and O–H groups in total. The summed E-state index contributed by atoms with van der Waals surface area (Å²) in [4.78, 5) is 35.5. The molecule has 0 radical (unpaired) electrons. The van der Waals surface area contributed by atoms with Crippen molar-refractivity contribution in [2.24, 2.45) is 11.8 Å². The van der Waals surface area contributed by atoms with Crippen LogP contribution in [0.15, 0.2) is 11.4 Å². The molecule has 5 rings (SSSR count). The molecule has 0 saturated carbocycles. The summed E-state index contributed by atoms with van der Waals surface area (Å²) >= 11 is 0. The molecule has 2 atom stereocenters. The van der Waals surface area contributed by atoms with Crippen LogP contribution < -0.4 is 16.0 Å². The second-order valence-electron chi connectivity index (χ2n) is 12.1. The number of hydrogen-bond acceptors (Lipinski definition) is 5. The van der Waals surface area contributed by atoms with Gasteiger partial charge in [0.1, 0.15) is 0 Å². The van der Waals surface area contributed by atoms with Crippen LogP contribution in [0.25, 0.3) is 24.3 Å². The first-order chi connectivity index (χ1) is 21.1. The summed E-state index contributed by atoms with van der Waals surface area (Å²) in [6.07, 6.45) is 12.5. The molecule has 3 aromatic rings. The Hall–Kier alpha value is -4.20. The minimum atomic E-state index is -0.239. The van der Waals surface area contributed by atoms with Crippen LogP contribution in [0.3, 0.4) is 0 Å². The van der Waals surface area contributed by atoms with Crippen molar-refractivity contribution in [3.63, 3.8) is 0 Å². The van der Waals surface area contributed by atoms with Crippen molar-refractivity contribution in [3.05, 3.63) is 78.2 Å². The maximum absolute atomic E-state index is 12.2. The highest BCUT2D eigenvalue weighted by Gasteiger charge is 2.32. The molecule has 8 bridgehead atoms. The molecule has 2 aliphatic heterocycles. The molecule has 3 aromatic heterocycles. The first kappa shape index (κ1) is 31.2. The number of hydrogen-bond donors (Lipinski definition) is 4. The van der Waals surface area contributed by atoms with Crippen molar-refractivity contribution in [2.45, 2.75) is 80.1 Å². The molecule has 2 unspecified atom stereocenters. The zero-order chi connectivity index (χ0) is 31.7. The smallest absolute Gasteiger partial charge is 0.305 e. The predicted octanol–water partition coefficient (Wildman–Crippen LogP) is 4.99. The fraction of sp³-hybridized carbons (Fsp3) is 0.444. The van der Waals surface area contributed by atoms with E-state index in [4.69, 9.17) is 9.47 Å². The number of aromatic amines is 3. The molecule has 1 saturated heterocycles. The van der Waals surface area contributed by atoms with E-state index in [9.17, 15) is 9.59 Å². The molecule has 2 aliphatic rings. The lowest BCUT2D eigenvalue weighted by atomic mass is 9.90. The third-order valence-electron chi connectivity index (χ3n) is 9.72. The molecule has 0 aliphatic carbocycles. The maximum Gasteiger partial charge on any atom is 0.305 e. The van der Waals surface area contributed by atoms with E-state index in [1.54, 1.807) is 0 Å². The highest BCUT2D eigenvalue weighted by molar-refractivity contribution is 5.72. The third-order valence-corrected chi connectivity index (χ3v) is 9.72. The number of H-pyrrole nitrogens is 3. The molecular weight excluding hydrogens is 552 g/mol. The van der Waals surface area contributed by atoms with E-state index in [2.05, 4.69) is 86.1 Å². The molecule has 234 valence electrons. The lowest BCUT2D eigenvalue weighted by Gasteiger charge is -2.12. The van der Waals surface area contributed by atoms with Crippen molar-refractivity contribution in [1.82, 2.24) is 20.3 Å². The maximum atomic E-state index is 12.2. The van der Waals surface area contributed by atoms with Gasteiger partial charge in [-0.05, 0) is 104 Å². The van der Waals surface area contributed by atoms with E-state index >= 15 is 0 Å². The van der Waals surface area contributed by atoms with Gasteiger partial charge in [-0.1, -0.05) is 20.8 Å². The minimum Gasteiger partial charge on any atom is -0.469 e. The first-order valence-corrected chi connectivity index (χ1v) is 15.8. The van der Waals surface area contributed by atoms with Gasteiger partial charge in [-0.25, -0.2) is 0 Å². The topological polar surface area (TPSA) is 112 Å². The van der Waals surface area contributed by atoms with E-state index in [-0.39, 0.29) is 24.8 Å². The van der Waals surface area contributed by atoms with E-state index in [0.29, 0.717) is 24.7 Å². The summed E-state index contributed by atoms with van der Waals surface area (Å²) in [6, 6.07) is 0. The average molecular weight is 599 g/mol. The zero-order valence-corrected chi connectivity index (χ0v) is 27.3. The van der Waals surface area contributed by atoms with E-state index in [1.165, 1.54) is 36.7 Å². The number of methoxy groups -OCH3 is 2. The molecule has 0 aromatic carbocycles. The fourth-order valence-electron chi connectivity index (χ4n) is 6.94. The number of allylic oxidation sites excluding steroid dienone is 2. The lowest BCUT2D eigenvalue weighted by molar-refractivity contribution is -0.141. The van der Waals surface area contributed by atoms with Gasteiger partial charge in [0.15, 0.2) is 0 Å². The largest absolute Gasteiger partial charge is 0.469 e. The summed E-state index contributed by atoms with van der Waals surface area (Å²) in [5.74, 6) is 0.223. The van der Waals surface area contributed by atoms with Crippen molar-refractivity contribution in [2.75, 3.05) is 14.2 Å². The van der Waals surface area contributed by atoms with Gasteiger partial charge in [-0.2, -0.15) is 0 Å². The monoisotopic (exact) mass is 598 g/mol. The molecule has 8 heteroatoms. The van der Waals surface area contributed by atoms with Crippen LogP contribution in [0.4, 0.5) is 0 Å². The Kier molecular flexibility index (Phi) is 9.09. The molecule has 8 nitrogen and oxygen atoms in total. The lowest BCUT2D eigenvalue weighted by Crippen LogP contribution is -2.14. The molecular formula is C36H46N4O4. The highest BCUT2D eigenvalue weighted by atomic mass is 16.5. The van der Waals surface area contributed by atoms with Crippen LogP contribution in [0.1, 0.15) is 96.2 Å². The van der Waals surface area contributed by atoms with E-state index in [1.807, 2.05) is 0 Å². The predicted molar refractivity (Wildman–Crippen MR) is 175 cm³/mol. The van der Waals surface area contributed by atoms with Crippen LogP contribution in [-0.4, -0.2) is 41.1 Å². The number of esters is 2. The SMILES string of the molecule is CCc1c2[nH]c(c1C)C=c1[nH]c(c(CCC(=O)OC)c1C)=Cc1[nH]c(c(C)c1CCC(=O)OC)C=C1NC(=C2)C(C)C1CC. The Morgan fingerprint density at radius 3 is 1.84 bits per heavy atom. The molecule has 1 fully saturated rings. The summed E-state index contributed by atoms with van der Waals surface area (Å²) in [6.45, 7) is 13.2. The van der Waals surface area contributed by atoms with Gasteiger partial charge < -0.3 is 29.7 Å². The average Bonchev–Trinajstić information content (AvgIpc) is 3.67. The van der Waals surface area contributed by atoms with Gasteiger partial charge in [0, 0.05) is 69.5 Å². The summed E-state index contributed by atoms with van der Waals surface area (Å²) in [5, 5.41) is 5.72. The number of aromatic nitrogens is 3. The second-order valence-corrected chi connectivity index (χ2v) is 12.1. The summed E-state index contributed by atoms with van der Waals surface area (Å²) < 4.78 is 9.95. The normalized spacial score (nSPS) is 17.3. The van der Waals surface area contributed by atoms with Crippen LogP contribution in [-0.2, 0) is 38.3 Å². The molecule has 0 amide bonds. The second kappa shape index (κ2) is 12.8. The first-order valence-electron chi connectivity index (χ1n) is 15.8. The number of rotatable bonds is 8. The van der Waals surface area contributed by atoms with Crippen molar-refractivity contribution < 1.29 is 19.1 Å². The Morgan fingerprint density at radius 1 is 0.682 bits per heavy atom. The third kappa shape index (κ3) is 5.82. The van der Waals surface area contributed by atoms with Crippen LogP contribution in [0.5, 0.6) is 0 Å². The molecule has 5 heterocycles. The zero-order valence-electron chi connectivity index (χ0n) is 27.3. The van der Waals surface area contributed by atoms with E-state index in [0.717, 1.165) is 68.6 Å². The number of ether oxygens (including phenoxy) is 2. The van der Waals surface area contributed by atoms with Gasteiger partial charge in [0.25, 0.3) is 0 Å². The van der Waals surface area contributed by atoms with Gasteiger partial charge >= 0.3 is 11.9 Å². The van der Waals surface area contributed by atoms with Crippen molar-refractivity contribution in [3.8, 4) is 0 Å². The Bertz CT molecular complexity index is 1780. The Morgan fingerprint density at radius 2 is 1.23 bits per heavy atom. The Balaban J connectivity index is 1.81. The fourth-order valence-corrected chi connectivity index (χ4v) is 6.94.